The van der Waals surface area contributed by atoms with Crippen LogP contribution in [-0.2, 0) is 4.74 Å². The van der Waals surface area contributed by atoms with E-state index in [1.54, 1.807) is 0 Å². The molecule has 0 radical (unpaired) electrons. The van der Waals surface area contributed by atoms with E-state index in [-0.39, 0.29) is 0 Å². The summed E-state index contributed by atoms with van der Waals surface area (Å²) in [5.41, 5.74) is 5.49. The van der Waals surface area contributed by atoms with Gasteiger partial charge in [-0.15, -0.1) is 0 Å². The average Bonchev–Trinajstić information content (AvgIpc) is 1.89. The second-order valence-electron chi connectivity index (χ2n) is 2.22. The van der Waals surface area contributed by atoms with Crippen LogP contribution in [0.25, 0.3) is 0 Å². The highest BCUT2D eigenvalue weighted by molar-refractivity contribution is 8.00. The van der Waals surface area contributed by atoms with E-state index in [4.69, 9.17) is 10.5 Å². The summed E-state index contributed by atoms with van der Waals surface area (Å²) in [6.07, 6.45) is 0.355. The molecule has 0 aromatic carbocycles. The molecule has 2 N–H and O–H groups in total. The lowest BCUT2D eigenvalue weighted by Crippen LogP contribution is -2.35. The summed E-state index contributed by atoms with van der Waals surface area (Å²) in [6, 6.07) is 0. The molecule has 0 aromatic heterocycles. The van der Waals surface area contributed by atoms with Gasteiger partial charge in [0.1, 0.15) is 0 Å². The molecule has 1 saturated heterocycles. The smallest absolute Gasteiger partial charge is 0.0678 e. The molecule has 0 spiro atoms. The van der Waals surface area contributed by atoms with Crippen LogP contribution in [0.1, 0.15) is 6.92 Å². The van der Waals surface area contributed by atoms with Crippen LogP contribution in [0.15, 0.2) is 0 Å². The van der Waals surface area contributed by atoms with Crippen LogP contribution in [0.4, 0.5) is 0 Å². The molecule has 0 saturated carbocycles. The Morgan fingerprint density at radius 2 is 2.56 bits per heavy atom. The summed E-state index contributed by atoms with van der Waals surface area (Å²) in [5.74, 6) is 1.10. The Balaban J connectivity index is 2.30. The van der Waals surface area contributed by atoms with Gasteiger partial charge in [0.15, 0.2) is 0 Å². The summed E-state index contributed by atoms with van der Waals surface area (Å²) in [4.78, 5) is 0. The highest BCUT2D eigenvalue weighted by atomic mass is 32.2. The van der Waals surface area contributed by atoms with Crippen molar-refractivity contribution in [2.24, 2.45) is 5.73 Å². The average molecular weight is 147 g/mol. The highest BCUT2D eigenvalue weighted by Gasteiger charge is 2.20. The monoisotopic (exact) mass is 147 g/mol. The molecule has 1 aliphatic rings. The number of thioether (sulfide) groups is 1. The molecule has 9 heavy (non-hydrogen) atoms. The molecular formula is C6H13NOS. The van der Waals surface area contributed by atoms with Gasteiger partial charge in [-0.25, -0.2) is 0 Å². The van der Waals surface area contributed by atoms with Gasteiger partial charge in [0, 0.05) is 17.5 Å². The zero-order valence-electron chi connectivity index (χ0n) is 5.67. The van der Waals surface area contributed by atoms with Gasteiger partial charge >= 0.3 is 0 Å². The number of ether oxygens (including phenoxy) is 1. The first kappa shape index (κ1) is 7.38. The number of nitrogens with two attached hydrogens (primary N) is 1. The molecule has 1 aliphatic heterocycles. The van der Waals surface area contributed by atoms with Gasteiger partial charge in [0.2, 0.25) is 0 Å². The molecular weight excluding hydrogens is 134 g/mol. The van der Waals surface area contributed by atoms with Crippen molar-refractivity contribution in [2.45, 2.75) is 18.3 Å². The largest absolute Gasteiger partial charge is 0.376 e. The molecule has 0 bridgehead atoms. The molecule has 0 aromatic rings. The molecule has 2 nitrogen and oxygen atoms in total. The van der Waals surface area contributed by atoms with Crippen molar-refractivity contribution < 1.29 is 4.74 Å². The van der Waals surface area contributed by atoms with E-state index in [0.717, 1.165) is 18.9 Å². The van der Waals surface area contributed by atoms with Crippen molar-refractivity contribution in [2.75, 3.05) is 18.9 Å². The number of rotatable bonds is 1. The van der Waals surface area contributed by atoms with Crippen molar-refractivity contribution in [1.82, 2.24) is 0 Å². The molecule has 0 aliphatic carbocycles. The third-order valence-corrected chi connectivity index (χ3v) is 2.96. The Morgan fingerprint density at radius 1 is 1.78 bits per heavy atom. The van der Waals surface area contributed by atoms with Crippen LogP contribution in [0, 0.1) is 0 Å². The minimum absolute atomic E-state index is 0.355. The highest BCUT2D eigenvalue weighted by Crippen LogP contribution is 2.20. The summed E-state index contributed by atoms with van der Waals surface area (Å²) < 4.78 is 5.38. The lowest BCUT2D eigenvalue weighted by atomic mass is 10.3. The molecule has 1 heterocycles. The Kier molecular flexibility index (Phi) is 2.82. The molecule has 0 amide bonds. The summed E-state index contributed by atoms with van der Waals surface area (Å²) in [7, 11) is 0. The maximum absolute atomic E-state index is 5.49. The Bertz CT molecular complexity index is 89.1. The fourth-order valence-electron chi connectivity index (χ4n) is 0.936. The Labute approximate surface area is 60.1 Å². The first-order valence-corrected chi connectivity index (χ1v) is 4.32. The predicted octanol–water partition coefficient (Wildman–Crippen LogP) is 0.466. The molecule has 1 rings (SSSR count). The van der Waals surface area contributed by atoms with Crippen molar-refractivity contribution in [3.8, 4) is 0 Å². The fraction of sp³-hybridized carbons (Fsp3) is 1.00. The first-order chi connectivity index (χ1) is 4.34. The quantitative estimate of drug-likeness (QED) is 0.585. The van der Waals surface area contributed by atoms with E-state index in [9.17, 15) is 0 Å². The summed E-state index contributed by atoms with van der Waals surface area (Å²) >= 11 is 1.92. The third kappa shape index (κ3) is 1.85. The zero-order chi connectivity index (χ0) is 6.69. The number of hydrogen-bond acceptors (Lipinski definition) is 3. The van der Waals surface area contributed by atoms with Gasteiger partial charge in [-0.2, -0.15) is 11.8 Å². The van der Waals surface area contributed by atoms with Crippen LogP contribution in [0.5, 0.6) is 0 Å². The van der Waals surface area contributed by atoms with Crippen molar-refractivity contribution in [1.29, 1.82) is 0 Å². The van der Waals surface area contributed by atoms with Crippen molar-refractivity contribution in [3.05, 3.63) is 0 Å². The van der Waals surface area contributed by atoms with Gasteiger partial charge in [0.05, 0.1) is 12.7 Å². The SMILES string of the molecule is CC1OCCSC1CN. The fourth-order valence-corrected chi connectivity index (χ4v) is 1.92. The minimum atomic E-state index is 0.355. The zero-order valence-corrected chi connectivity index (χ0v) is 6.49. The predicted molar refractivity (Wildman–Crippen MR) is 40.7 cm³/mol. The first-order valence-electron chi connectivity index (χ1n) is 3.28. The molecule has 2 unspecified atom stereocenters. The lowest BCUT2D eigenvalue weighted by Gasteiger charge is -2.27. The summed E-state index contributed by atoms with van der Waals surface area (Å²) in [6.45, 7) is 3.72. The molecule has 1 fully saturated rings. The van der Waals surface area contributed by atoms with E-state index < -0.39 is 0 Å². The van der Waals surface area contributed by atoms with Crippen LogP contribution in [0.3, 0.4) is 0 Å². The van der Waals surface area contributed by atoms with Gasteiger partial charge < -0.3 is 10.5 Å². The summed E-state index contributed by atoms with van der Waals surface area (Å²) in [5, 5.41) is 0.527. The van der Waals surface area contributed by atoms with Crippen molar-refractivity contribution in [3.63, 3.8) is 0 Å². The molecule has 2 atom stereocenters. The maximum atomic E-state index is 5.49. The lowest BCUT2D eigenvalue weighted by molar-refractivity contribution is 0.0708. The number of hydrogen-bond donors (Lipinski definition) is 1. The van der Waals surface area contributed by atoms with Crippen LogP contribution in [-0.4, -0.2) is 30.3 Å². The van der Waals surface area contributed by atoms with Gasteiger partial charge in [0.25, 0.3) is 0 Å². The molecule has 3 heteroatoms. The maximum Gasteiger partial charge on any atom is 0.0678 e. The van der Waals surface area contributed by atoms with E-state index in [1.807, 2.05) is 11.8 Å². The van der Waals surface area contributed by atoms with Gasteiger partial charge in [-0.05, 0) is 6.92 Å². The third-order valence-electron chi connectivity index (χ3n) is 1.55. The van der Waals surface area contributed by atoms with E-state index in [1.165, 1.54) is 0 Å². The van der Waals surface area contributed by atoms with Crippen LogP contribution < -0.4 is 5.73 Å². The van der Waals surface area contributed by atoms with E-state index in [0.29, 0.717) is 11.4 Å². The topological polar surface area (TPSA) is 35.2 Å². The van der Waals surface area contributed by atoms with Crippen LogP contribution in [0.2, 0.25) is 0 Å². The van der Waals surface area contributed by atoms with Crippen molar-refractivity contribution >= 4 is 11.8 Å². The second-order valence-corrected chi connectivity index (χ2v) is 3.57. The van der Waals surface area contributed by atoms with E-state index in [2.05, 4.69) is 6.92 Å². The Morgan fingerprint density at radius 3 is 3.00 bits per heavy atom. The second kappa shape index (κ2) is 3.44. The van der Waals surface area contributed by atoms with E-state index >= 15 is 0 Å². The minimum Gasteiger partial charge on any atom is -0.376 e. The molecule has 54 valence electrons. The standard InChI is InChI=1S/C6H13NOS/c1-5-6(4-7)9-3-2-8-5/h5-6H,2-4,7H2,1H3. The Hall–Kier alpha value is 0.270. The van der Waals surface area contributed by atoms with Gasteiger partial charge in [-0.3, -0.25) is 0 Å². The normalized spacial score (nSPS) is 36.7. The van der Waals surface area contributed by atoms with Gasteiger partial charge in [-0.1, -0.05) is 0 Å². The van der Waals surface area contributed by atoms with Crippen LogP contribution >= 0.6 is 11.8 Å².